The van der Waals surface area contributed by atoms with Crippen LogP contribution in [0.15, 0.2) is 32.9 Å². The van der Waals surface area contributed by atoms with Crippen LogP contribution in [-0.4, -0.2) is 48.5 Å². The molecule has 2 amide bonds. The number of carbonyl (C=O) groups excluding carboxylic acids is 2. The van der Waals surface area contributed by atoms with E-state index in [4.69, 9.17) is 4.74 Å². The van der Waals surface area contributed by atoms with Crippen molar-refractivity contribution < 1.29 is 14.3 Å². The maximum atomic E-state index is 11.6. The third-order valence-corrected chi connectivity index (χ3v) is 6.22. The maximum Gasteiger partial charge on any atom is 0.239 e. The molecule has 0 atom stereocenters. The molecule has 1 aromatic heterocycles. The summed E-state index contributed by atoms with van der Waals surface area (Å²) in [6.07, 6.45) is 0. The van der Waals surface area contributed by atoms with E-state index in [9.17, 15) is 9.59 Å². The number of methoxy groups -OCH3 is 1. The number of carbonyl (C=O) groups is 2. The molecule has 0 saturated heterocycles. The van der Waals surface area contributed by atoms with Gasteiger partial charge in [-0.1, -0.05) is 47.0 Å². The van der Waals surface area contributed by atoms with Crippen molar-refractivity contribution in [1.29, 1.82) is 0 Å². The number of rotatable bonds is 9. The second kappa shape index (κ2) is 10.3. The summed E-state index contributed by atoms with van der Waals surface area (Å²) in [4.78, 5) is 22.7. The Morgan fingerprint density at radius 1 is 1.12 bits per heavy atom. The number of aromatic nitrogens is 2. The van der Waals surface area contributed by atoms with Crippen molar-refractivity contribution in [2.75, 3.05) is 26.5 Å². The number of hydrogen-bond donors (Lipinski definition) is 2. The van der Waals surface area contributed by atoms with Crippen molar-refractivity contribution in [2.45, 2.75) is 14.4 Å². The molecule has 2 aromatic rings. The molecule has 1 aromatic carbocycles. The standard InChI is InChI=1S/C15H18N4O3S3/c1-16-12(20)7-17-13(21)9-24-15-19-18-14(25-15)23-8-10-3-5-11(22-2)6-4-10/h3-6H,7-9H2,1-2H3,(H,16,20)(H,17,21). The van der Waals surface area contributed by atoms with Crippen LogP contribution in [0.1, 0.15) is 5.56 Å². The van der Waals surface area contributed by atoms with Gasteiger partial charge in [-0.2, -0.15) is 0 Å². The molecular formula is C15H18N4O3S3. The van der Waals surface area contributed by atoms with E-state index in [0.717, 1.165) is 20.2 Å². The van der Waals surface area contributed by atoms with Crippen LogP contribution in [0, 0.1) is 0 Å². The third-order valence-electron chi connectivity index (χ3n) is 2.96. The van der Waals surface area contributed by atoms with Gasteiger partial charge in [0.1, 0.15) is 5.75 Å². The van der Waals surface area contributed by atoms with Gasteiger partial charge in [-0.05, 0) is 17.7 Å². The molecule has 134 valence electrons. The highest BCUT2D eigenvalue weighted by atomic mass is 32.2. The molecule has 0 aliphatic heterocycles. The first-order chi connectivity index (χ1) is 12.1. The van der Waals surface area contributed by atoms with Crippen LogP contribution in [0.4, 0.5) is 0 Å². The second-order valence-corrected chi connectivity index (χ2v) is 8.13. The number of ether oxygens (including phenoxy) is 1. The quantitative estimate of drug-likeness (QED) is 0.622. The first-order valence-corrected chi connectivity index (χ1v) is 10.1. The molecular weight excluding hydrogens is 380 g/mol. The summed E-state index contributed by atoms with van der Waals surface area (Å²) >= 11 is 4.35. The first kappa shape index (κ1) is 19.5. The molecule has 10 heteroatoms. The molecule has 25 heavy (non-hydrogen) atoms. The number of hydrogen-bond acceptors (Lipinski definition) is 8. The van der Waals surface area contributed by atoms with Crippen molar-refractivity contribution in [3.8, 4) is 5.75 Å². The molecule has 0 spiro atoms. The van der Waals surface area contributed by atoms with Gasteiger partial charge in [-0.15, -0.1) is 10.2 Å². The number of nitrogens with one attached hydrogen (secondary N) is 2. The zero-order valence-corrected chi connectivity index (χ0v) is 16.2. The van der Waals surface area contributed by atoms with E-state index in [1.807, 2.05) is 24.3 Å². The lowest BCUT2D eigenvalue weighted by Crippen LogP contribution is -2.35. The lowest BCUT2D eigenvalue weighted by atomic mass is 10.2. The lowest BCUT2D eigenvalue weighted by Gasteiger charge is -2.02. The topological polar surface area (TPSA) is 93.2 Å². The fourth-order valence-electron chi connectivity index (χ4n) is 1.63. The normalized spacial score (nSPS) is 10.3. The highest BCUT2D eigenvalue weighted by molar-refractivity contribution is 8.03. The number of benzene rings is 1. The van der Waals surface area contributed by atoms with Crippen LogP contribution in [0.25, 0.3) is 0 Å². The highest BCUT2D eigenvalue weighted by Gasteiger charge is 2.09. The van der Waals surface area contributed by atoms with Crippen molar-refractivity contribution in [3.05, 3.63) is 29.8 Å². The molecule has 0 aliphatic carbocycles. The number of likely N-dealkylation sites (N-methyl/N-ethyl adjacent to an activating group) is 1. The Hall–Kier alpha value is -1.78. The Balaban J connectivity index is 1.73. The molecule has 1 heterocycles. The van der Waals surface area contributed by atoms with E-state index in [1.54, 1.807) is 18.9 Å². The summed E-state index contributed by atoms with van der Waals surface area (Å²) in [5.41, 5.74) is 1.17. The predicted octanol–water partition coefficient (Wildman–Crippen LogP) is 1.79. The Morgan fingerprint density at radius 2 is 1.80 bits per heavy atom. The van der Waals surface area contributed by atoms with Crippen LogP contribution < -0.4 is 15.4 Å². The van der Waals surface area contributed by atoms with E-state index >= 15 is 0 Å². The predicted molar refractivity (Wildman–Crippen MR) is 100 cm³/mol. The average molecular weight is 399 g/mol. The van der Waals surface area contributed by atoms with Crippen LogP contribution in [-0.2, 0) is 15.3 Å². The van der Waals surface area contributed by atoms with Gasteiger partial charge in [-0.3, -0.25) is 9.59 Å². The van der Waals surface area contributed by atoms with Gasteiger partial charge in [0.25, 0.3) is 0 Å². The van der Waals surface area contributed by atoms with E-state index in [2.05, 4.69) is 20.8 Å². The maximum absolute atomic E-state index is 11.6. The molecule has 0 unspecified atom stereocenters. The summed E-state index contributed by atoms with van der Waals surface area (Å²) in [6, 6.07) is 7.88. The van der Waals surface area contributed by atoms with Crippen LogP contribution in [0.5, 0.6) is 5.75 Å². The molecule has 0 aliphatic rings. The van der Waals surface area contributed by atoms with E-state index in [-0.39, 0.29) is 24.1 Å². The van der Waals surface area contributed by atoms with Crippen LogP contribution >= 0.6 is 34.9 Å². The Morgan fingerprint density at radius 3 is 2.44 bits per heavy atom. The number of nitrogens with zero attached hydrogens (tertiary/aromatic N) is 2. The molecule has 0 radical (unpaired) electrons. The van der Waals surface area contributed by atoms with E-state index in [1.165, 1.54) is 35.7 Å². The number of amides is 2. The lowest BCUT2D eigenvalue weighted by molar-refractivity contribution is -0.124. The Kier molecular flexibility index (Phi) is 8.02. The average Bonchev–Trinajstić information content (AvgIpc) is 3.11. The van der Waals surface area contributed by atoms with E-state index in [0.29, 0.717) is 0 Å². The molecule has 7 nitrogen and oxygen atoms in total. The SMILES string of the molecule is CNC(=O)CNC(=O)CSc1nnc(SCc2ccc(OC)cc2)s1. The molecule has 2 N–H and O–H groups in total. The summed E-state index contributed by atoms with van der Waals surface area (Å²) in [6.45, 7) is -0.0189. The zero-order valence-electron chi connectivity index (χ0n) is 13.8. The largest absolute Gasteiger partial charge is 0.497 e. The van der Waals surface area contributed by atoms with Gasteiger partial charge < -0.3 is 15.4 Å². The van der Waals surface area contributed by atoms with Gasteiger partial charge in [0, 0.05) is 12.8 Å². The minimum Gasteiger partial charge on any atom is -0.497 e. The Labute approximate surface area is 158 Å². The zero-order chi connectivity index (χ0) is 18.1. The van der Waals surface area contributed by atoms with Crippen molar-refractivity contribution >= 4 is 46.7 Å². The number of thioether (sulfide) groups is 2. The minimum atomic E-state index is -0.230. The fraction of sp³-hybridized carbons (Fsp3) is 0.333. The first-order valence-electron chi connectivity index (χ1n) is 7.30. The summed E-state index contributed by atoms with van der Waals surface area (Å²) in [7, 11) is 3.17. The van der Waals surface area contributed by atoms with Gasteiger partial charge in [0.2, 0.25) is 11.8 Å². The van der Waals surface area contributed by atoms with Crippen LogP contribution in [0.2, 0.25) is 0 Å². The van der Waals surface area contributed by atoms with Crippen molar-refractivity contribution in [3.63, 3.8) is 0 Å². The molecule has 0 saturated carbocycles. The molecule has 2 rings (SSSR count). The van der Waals surface area contributed by atoms with Gasteiger partial charge in [-0.25, -0.2) is 0 Å². The van der Waals surface area contributed by atoms with E-state index < -0.39 is 0 Å². The smallest absolute Gasteiger partial charge is 0.239 e. The minimum absolute atomic E-state index is 0.0189. The van der Waals surface area contributed by atoms with Crippen molar-refractivity contribution in [1.82, 2.24) is 20.8 Å². The highest BCUT2D eigenvalue weighted by Crippen LogP contribution is 2.30. The van der Waals surface area contributed by atoms with Gasteiger partial charge in [0.05, 0.1) is 19.4 Å². The summed E-state index contributed by atoms with van der Waals surface area (Å²) in [5.74, 6) is 1.38. The second-order valence-electron chi connectivity index (χ2n) is 4.71. The van der Waals surface area contributed by atoms with Crippen molar-refractivity contribution in [2.24, 2.45) is 0 Å². The summed E-state index contributed by atoms with van der Waals surface area (Å²) in [5, 5.41) is 13.2. The van der Waals surface area contributed by atoms with Gasteiger partial charge in [0.15, 0.2) is 8.68 Å². The molecule has 0 bridgehead atoms. The fourth-order valence-corrected chi connectivity index (χ4v) is 4.43. The monoisotopic (exact) mass is 398 g/mol. The Bertz CT molecular complexity index is 706. The van der Waals surface area contributed by atoms with Gasteiger partial charge >= 0.3 is 0 Å². The summed E-state index contributed by atoms with van der Waals surface area (Å²) < 4.78 is 6.71. The third kappa shape index (κ3) is 6.92. The van der Waals surface area contributed by atoms with Crippen LogP contribution in [0.3, 0.4) is 0 Å². The molecule has 0 fully saturated rings.